The second-order valence-electron chi connectivity index (χ2n) is 12.5. The van der Waals surface area contributed by atoms with Crippen LogP contribution in [0.5, 0.6) is 5.75 Å². The summed E-state index contributed by atoms with van der Waals surface area (Å²) in [5.74, 6) is -7.51. The first-order chi connectivity index (χ1) is 22.2. The minimum atomic E-state index is -2.73. The highest BCUT2D eigenvalue weighted by atomic mass is 19.1. The summed E-state index contributed by atoms with van der Waals surface area (Å²) >= 11 is 0. The van der Waals surface area contributed by atoms with Crippen molar-refractivity contribution in [1.29, 1.82) is 0 Å². The molecule has 14 heteroatoms. The third-order valence-electron chi connectivity index (χ3n) is 9.33. The van der Waals surface area contributed by atoms with Crippen molar-refractivity contribution in [3.8, 4) is 17.0 Å². The number of Topliss-reactive ketones (excluding diaryl/α,β-unsaturated/α-hetero) is 2. The number of rotatable bonds is 7. The molecule has 0 bridgehead atoms. The van der Waals surface area contributed by atoms with Crippen molar-refractivity contribution in [2.24, 2.45) is 17.6 Å². The maximum Gasteiger partial charge on any atom is 0.295 e. The quantitative estimate of drug-likeness (QED) is 0.205. The number of nitrogens with one attached hydrogen (secondary N) is 1. The number of hydrogen-bond donors (Lipinski definition) is 6. The summed E-state index contributed by atoms with van der Waals surface area (Å²) in [6, 6.07) is 6.39. The number of benzene rings is 2. The van der Waals surface area contributed by atoms with E-state index < -0.39 is 58.0 Å². The van der Waals surface area contributed by atoms with Crippen LogP contribution >= 0.6 is 0 Å². The third-order valence-corrected chi connectivity index (χ3v) is 9.33. The lowest BCUT2D eigenvalue weighted by molar-refractivity contribution is -0.153. The van der Waals surface area contributed by atoms with Gasteiger partial charge in [-0.3, -0.25) is 19.3 Å². The first kappa shape index (κ1) is 31.8. The molecule has 1 amide bonds. The van der Waals surface area contributed by atoms with Gasteiger partial charge in [0.1, 0.15) is 40.6 Å². The number of nitrogens with two attached hydrogens (primary N) is 1. The molecule has 3 aliphatic rings. The molecule has 13 nitrogen and oxygen atoms in total. The van der Waals surface area contributed by atoms with Crippen LogP contribution in [0.15, 0.2) is 57.9 Å². The smallest absolute Gasteiger partial charge is 0.295 e. The van der Waals surface area contributed by atoms with Gasteiger partial charge in [0.15, 0.2) is 11.4 Å². The lowest BCUT2D eigenvalue weighted by Crippen LogP contribution is -2.65. The van der Waals surface area contributed by atoms with Gasteiger partial charge in [-0.15, -0.1) is 0 Å². The lowest BCUT2D eigenvalue weighted by atomic mass is 9.57. The number of carbonyl (C=O) groups is 3. The fourth-order valence-electron chi connectivity index (χ4n) is 7.16. The van der Waals surface area contributed by atoms with Gasteiger partial charge in [0.2, 0.25) is 5.78 Å². The van der Waals surface area contributed by atoms with E-state index >= 15 is 0 Å². The van der Waals surface area contributed by atoms with Crippen molar-refractivity contribution in [2.45, 2.75) is 31.0 Å². The van der Waals surface area contributed by atoms with Crippen LogP contribution in [-0.4, -0.2) is 87.6 Å². The minimum absolute atomic E-state index is 0.0107. The molecule has 6 rings (SSSR count). The zero-order chi connectivity index (χ0) is 34.1. The normalized spacial score (nSPS) is 23.9. The van der Waals surface area contributed by atoms with Gasteiger partial charge < -0.3 is 40.8 Å². The van der Waals surface area contributed by atoms with E-state index in [1.54, 1.807) is 51.3 Å². The molecule has 47 heavy (non-hydrogen) atoms. The largest absolute Gasteiger partial charge is 0.508 e. The molecule has 1 aromatic heterocycles. The number of phenolic OH excluding ortho intramolecular Hbond substituents is 1. The van der Waals surface area contributed by atoms with Gasteiger partial charge in [-0.25, -0.2) is 4.39 Å². The van der Waals surface area contributed by atoms with E-state index in [-0.39, 0.29) is 48.1 Å². The van der Waals surface area contributed by atoms with Crippen molar-refractivity contribution in [3.63, 3.8) is 0 Å². The molecule has 3 aliphatic carbocycles. The molecule has 0 aliphatic heterocycles. The Kier molecular flexibility index (Phi) is 7.60. The molecule has 4 atom stereocenters. The Labute approximate surface area is 268 Å². The predicted molar refractivity (Wildman–Crippen MR) is 168 cm³/mol. The molecular weight excluding hydrogens is 613 g/mol. The van der Waals surface area contributed by atoms with Gasteiger partial charge in [-0.2, -0.15) is 4.98 Å². The van der Waals surface area contributed by atoms with Gasteiger partial charge >= 0.3 is 0 Å². The number of nitrogens with zero attached hydrogens (tertiary/aromatic N) is 3. The molecule has 1 heterocycles. The Morgan fingerprint density at radius 1 is 1.15 bits per heavy atom. The van der Waals surface area contributed by atoms with E-state index in [4.69, 9.17) is 10.2 Å². The average Bonchev–Trinajstić information content (AvgIpc) is 3.47. The number of anilines is 2. The van der Waals surface area contributed by atoms with Crippen molar-refractivity contribution in [2.75, 3.05) is 38.4 Å². The van der Waals surface area contributed by atoms with Crippen molar-refractivity contribution in [1.82, 2.24) is 9.88 Å². The number of hydrogen-bond acceptors (Lipinski definition) is 12. The number of oxazole rings is 1. The lowest BCUT2D eigenvalue weighted by Gasteiger charge is -2.50. The topological polar surface area (TPSA) is 203 Å². The predicted octanol–water partition coefficient (Wildman–Crippen LogP) is 2.44. The van der Waals surface area contributed by atoms with Crippen LogP contribution in [0.4, 0.5) is 16.1 Å². The highest BCUT2D eigenvalue weighted by Gasteiger charge is 2.64. The zero-order valence-corrected chi connectivity index (χ0v) is 26.0. The van der Waals surface area contributed by atoms with Gasteiger partial charge in [0, 0.05) is 48.9 Å². The number of likely N-dealkylation sites (N-methyl/N-ethyl adjacent to an activating group) is 1. The van der Waals surface area contributed by atoms with E-state index in [0.717, 1.165) is 0 Å². The van der Waals surface area contributed by atoms with E-state index in [9.17, 15) is 39.2 Å². The molecule has 3 aromatic rings. The summed E-state index contributed by atoms with van der Waals surface area (Å²) in [5, 5.41) is 49.1. The second-order valence-corrected chi connectivity index (χ2v) is 12.5. The SMILES string of the molecule is CN(C)c1cc(CNc2nc(-c3ccc(F)cc3)co2)c(O)c2c1C[C@@H]1C[C@H]3C(N(C)C)C(=O)C(C(N)=O)=C(O)[C@]3(O)C(=O)C1=C2O. The van der Waals surface area contributed by atoms with Crippen LogP contribution < -0.4 is 16.0 Å². The van der Waals surface area contributed by atoms with E-state index in [0.29, 0.717) is 28.1 Å². The number of ketones is 2. The number of carbonyl (C=O) groups excluding carboxylic acids is 3. The van der Waals surface area contributed by atoms with Crippen LogP contribution in [0.1, 0.15) is 23.1 Å². The van der Waals surface area contributed by atoms with E-state index in [2.05, 4.69) is 10.3 Å². The number of amides is 1. The fourth-order valence-corrected chi connectivity index (χ4v) is 7.16. The van der Waals surface area contributed by atoms with Crippen LogP contribution in [0, 0.1) is 17.7 Å². The summed E-state index contributed by atoms with van der Waals surface area (Å²) in [6.07, 6.45) is 1.54. The van der Waals surface area contributed by atoms with Crippen LogP contribution in [0.25, 0.3) is 17.0 Å². The summed E-state index contributed by atoms with van der Waals surface area (Å²) in [5.41, 5.74) is 4.11. The standard InChI is InChI=1S/C33H34FN5O8/c1-38(2)21-11-16(12-36-32-37-20(13-47-32)14-5-7-17(34)8-6-14)26(40)23-18(21)9-15-10-19-25(39(3)4)28(42)24(31(35)45)30(44)33(19,46)29(43)22(15)27(23)41/h5-8,11,13,15,19,25,40-41,44,46H,9-10,12H2,1-4H3,(H2,35,45)(H,36,37)/t15-,19+,25?,33-/m1/s1. The summed E-state index contributed by atoms with van der Waals surface area (Å²) in [7, 11) is 6.66. The molecule has 1 saturated carbocycles. The average molecular weight is 648 g/mol. The molecule has 1 fully saturated rings. The maximum atomic E-state index is 14.2. The Hall–Kier alpha value is -5.21. The second kappa shape index (κ2) is 11.2. The van der Waals surface area contributed by atoms with Crippen LogP contribution in [0.2, 0.25) is 0 Å². The van der Waals surface area contributed by atoms with Crippen LogP contribution in [-0.2, 0) is 27.3 Å². The van der Waals surface area contributed by atoms with Crippen molar-refractivity contribution >= 4 is 34.9 Å². The molecule has 2 aromatic carbocycles. The molecule has 0 spiro atoms. The molecule has 1 unspecified atom stereocenters. The summed E-state index contributed by atoms with van der Waals surface area (Å²) in [6.45, 7) is -0.0204. The van der Waals surface area contributed by atoms with Crippen molar-refractivity contribution in [3.05, 3.63) is 76.0 Å². The highest BCUT2D eigenvalue weighted by Crippen LogP contribution is 2.54. The Morgan fingerprint density at radius 2 is 1.83 bits per heavy atom. The summed E-state index contributed by atoms with van der Waals surface area (Å²) in [4.78, 5) is 47.3. The Bertz CT molecular complexity index is 1900. The van der Waals surface area contributed by atoms with Gasteiger partial charge in [-0.1, -0.05) is 0 Å². The van der Waals surface area contributed by atoms with Gasteiger partial charge in [0.25, 0.3) is 11.9 Å². The van der Waals surface area contributed by atoms with E-state index in [1.165, 1.54) is 23.3 Å². The first-order valence-electron chi connectivity index (χ1n) is 14.8. The molecule has 7 N–H and O–H groups in total. The monoisotopic (exact) mass is 647 g/mol. The fraction of sp³-hybridized carbons (Fsp3) is 0.333. The molecule has 0 radical (unpaired) electrons. The molecule has 0 saturated heterocycles. The summed E-state index contributed by atoms with van der Waals surface area (Å²) < 4.78 is 18.8. The third kappa shape index (κ3) is 4.82. The number of aromatic hydroxyl groups is 1. The van der Waals surface area contributed by atoms with E-state index in [1.807, 2.05) is 0 Å². The van der Waals surface area contributed by atoms with Crippen molar-refractivity contribution < 1.29 is 43.6 Å². The first-order valence-corrected chi connectivity index (χ1v) is 14.8. The number of halogens is 1. The number of aliphatic hydroxyl groups excluding tert-OH is 2. The number of fused-ring (bicyclic) bond motifs is 3. The number of phenols is 1. The molecular formula is C33H34FN5O8. The minimum Gasteiger partial charge on any atom is -0.508 e. The molecule has 246 valence electrons. The van der Waals surface area contributed by atoms with Crippen LogP contribution in [0.3, 0.4) is 0 Å². The Balaban J connectivity index is 1.41. The number of aromatic nitrogens is 1. The Morgan fingerprint density at radius 3 is 2.45 bits per heavy atom. The zero-order valence-electron chi connectivity index (χ0n) is 26.0. The van der Waals surface area contributed by atoms with Gasteiger partial charge in [0.05, 0.1) is 11.6 Å². The van der Waals surface area contributed by atoms with Gasteiger partial charge in [-0.05, 0) is 68.8 Å². The maximum absolute atomic E-state index is 14.2. The number of aliphatic hydroxyl groups is 3. The number of primary amides is 1. The highest BCUT2D eigenvalue weighted by molar-refractivity contribution is 6.24.